The van der Waals surface area contributed by atoms with Crippen LogP contribution in [0.2, 0.25) is 0 Å². The van der Waals surface area contributed by atoms with Gasteiger partial charge in [0.25, 0.3) is 0 Å². The van der Waals surface area contributed by atoms with Crippen molar-refractivity contribution in [1.82, 2.24) is 19.9 Å². The lowest BCUT2D eigenvalue weighted by Crippen LogP contribution is -2.22. The average molecular weight is 597 g/mol. The third kappa shape index (κ3) is 4.16. The molecule has 2 aliphatic rings. The van der Waals surface area contributed by atoms with E-state index in [-0.39, 0.29) is 0 Å². The third-order valence-electron chi connectivity index (χ3n) is 8.07. The van der Waals surface area contributed by atoms with Gasteiger partial charge in [0, 0.05) is 35.9 Å². The number of fused-ring (bicyclic) bond motifs is 4. The van der Waals surface area contributed by atoms with Crippen molar-refractivity contribution >= 4 is 34.1 Å². The van der Waals surface area contributed by atoms with Crippen LogP contribution in [0, 0.1) is 0 Å². The average Bonchev–Trinajstić information content (AvgIpc) is 3.13. The molecule has 0 atom stereocenters. The molecular weight excluding hydrogens is 572 g/mol. The summed E-state index contributed by atoms with van der Waals surface area (Å²) in [6, 6.07) is 40.2. The molecule has 0 aliphatic carbocycles. The highest BCUT2D eigenvalue weighted by Crippen LogP contribution is 2.58. The van der Waals surface area contributed by atoms with Gasteiger partial charge in [-0.1, -0.05) is 48.5 Å². The number of hydrogen-bond donors (Lipinski definition) is 0. The minimum atomic E-state index is 0.565. The molecule has 46 heavy (non-hydrogen) atoms. The van der Waals surface area contributed by atoms with Crippen molar-refractivity contribution < 1.29 is 9.47 Å². The number of para-hydroxylation sites is 8. The molecule has 4 heterocycles. The zero-order chi connectivity index (χ0) is 30.5. The van der Waals surface area contributed by atoms with Crippen LogP contribution in [0.4, 0.5) is 34.1 Å². The molecular formula is C38H24N6O2. The normalized spacial score (nSPS) is 12.6. The number of anilines is 6. The van der Waals surface area contributed by atoms with Gasteiger partial charge in [0.1, 0.15) is 0 Å². The molecule has 8 heteroatoms. The predicted molar refractivity (Wildman–Crippen MR) is 178 cm³/mol. The first-order chi connectivity index (χ1) is 22.8. The Hall–Kier alpha value is -6.54. The van der Waals surface area contributed by atoms with Crippen LogP contribution in [-0.2, 0) is 0 Å². The zero-order valence-electron chi connectivity index (χ0n) is 24.4. The van der Waals surface area contributed by atoms with Crippen molar-refractivity contribution in [2.45, 2.75) is 0 Å². The lowest BCUT2D eigenvalue weighted by Gasteiger charge is -2.38. The highest BCUT2D eigenvalue weighted by atomic mass is 16.5. The molecule has 5 aromatic carbocycles. The minimum absolute atomic E-state index is 0.565. The van der Waals surface area contributed by atoms with E-state index in [1.807, 2.05) is 84.9 Å². The quantitative estimate of drug-likeness (QED) is 0.199. The summed E-state index contributed by atoms with van der Waals surface area (Å²) in [6.07, 6.45) is 7.00. The van der Waals surface area contributed by atoms with Gasteiger partial charge in [-0.05, 0) is 72.8 Å². The van der Waals surface area contributed by atoms with Crippen LogP contribution in [0.15, 0.2) is 146 Å². The van der Waals surface area contributed by atoms with E-state index in [1.54, 1.807) is 24.8 Å². The van der Waals surface area contributed by atoms with E-state index in [4.69, 9.17) is 9.47 Å². The van der Waals surface area contributed by atoms with Crippen molar-refractivity contribution in [3.8, 4) is 45.8 Å². The molecule has 0 spiro atoms. The van der Waals surface area contributed by atoms with Gasteiger partial charge < -0.3 is 19.3 Å². The molecule has 0 bridgehead atoms. The van der Waals surface area contributed by atoms with E-state index in [0.717, 1.165) is 68.2 Å². The number of nitrogens with zero attached hydrogens (tertiary/aromatic N) is 6. The first-order valence-corrected chi connectivity index (χ1v) is 14.9. The summed E-state index contributed by atoms with van der Waals surface area (Å²) in [5.41, 5.74) is 6.97. The molecule has 0 radical (unpaired) electrons. The van der Waals surface area contributed by atoms with Gasteiger partial charge in [-0.3, -0.25) is 0 Å². The summed E-state index contributed by atoms with van der Waals surface area (Å²) < 4.78 is 12.8. The van der Waals surface area contributed by atoms with Crippen LogP contribution in [0.25, 0.3) is 22.8 Å². The first-order valence-electron chi connectivity index (χ1n) is 14.9. The summed E-state index contributed by atoms with van der Waals surface area (Å²) in [7, 11) is 0. The van der Waals surface area contributed by atoms with Gasteiger partial charge in [0.05, 0.1) is 34.1 Å². The Morgan fingerprint density at radius 3 is 0.978 bits per heavy atom. The zero-order valence-corrected chi connectivity index (χ0v) is 24.4. The molecule has 0 fully saturated rings. The second-order valence-corrected chi connectivity index (χ2v) is 10.8. The van der Waals surface area contributed by atoms with E-state index < -0.39 is 0 Å². The lowest BCUT2D eigenvalue weighted by molar-refractivity contribution is 0.476. The van der Waals surface area contributed by atoms with Gasteiger partial charge in [0.15, 0.2) is 34.6 Å². The van der Waals surface area contributed by atoms with Crippen LogP contribution in [0.3, 0.4) is 0 Å². The molecule has 8 nitrogen and oxygen atoms in total. The van der Waals surface area contributed by atoms with Crippen LogP contribution in [-0.4, -0.2) is 19.9 Å². The molecule has 0 amide bonds. The molecule has 2 aromatic heterocycles. The number of rotatable bonds is 4. The predicted octanol–water partition coefficient (Wildman–Crippen LogP) is 9.75. The van der Waals surface area contributed by atoms with E-state index in [0.29, 0.717) is 11.6 Å². The summed E-state index contributed by atoms with van der Waals surface area (Å²) in [4.78, 5) is 23.2. The maximum Gasteiger partial charge on any atom is 0.159 e. The van der Waals surface area contributed by atoms with Gasteiger partial charge in [-0.2, -0.15) is 0 Å². The Balaban J connectivity index is 1.42. The van der Waals surface area contributed by atoms with E-state index in [1.165, 1.54) is 0 Å². The van der Waals surface area contributed by atoms with Crippen molar-refractivity contribution in [3.63, 3.8) is 0 Å². The summed E-state index contributed by atoms with van der Waals surface area (Å²) in [6.45, 7) is 0. The van der Waals surface area contributed by atoms with E-state index >= 15 is 0 Å². The van der Waals surface area contributed by atoms with Crippen LogP contribution >= 0.6 is 0 Å². The third-order valence-corrected chi connectivity index (χ3v) is 8.07. The Bertz CT molecular complexity index is 1990. The molecule has 7 aromatic rings. The molecule has 0 saturated heterocycles. The summed E-state index contributed by atoms with van der Waals surface area (Å²) in [5, 5.41) is 0. The fourth-order valence-corrected chi connectivity index (χ4v) is 6.11. The van der Waals surface area contributed by atoms with Gasteiger partial charge >= 0.3 is 0 Å². The van der Waals surface area contributed by atoms with Crippen LogP contribution in [0.1, 0.15) is 0 Å². The van der Waals surface area contributed by atoms with Crippen LogP contribution < -0.4 is 19.3 Å². The van der Waals surface area contributed by atoms with E-state index in [2.05, 4.69) is 66.1 Å². The van der Waals surface area contributed by atoms with Gasteiger partial charge in [-0.25, -0.2) is 19.9 Å². The Morgan fingerprint density at radius 2 is 0.652 bits per heavy atom. The molecule has 0 N–H and O–H groups in total. The second-order valence-electron chi connectivity index (χ2n) is 10.8. The van der Waals surface area contributed by atoms with Gasteiger partial charge in [0.2, 0.25) is 0 Å². The van der Waals surface area contributed by atoms with Crippen molar-refractivity contribution in [2.24, 2.45) is 0 Å². The first kappa shape index (κ1) is 25.9. The smallest absolute Gasteiger partial charge is 0.159 e. The number of benzene rings is 5. The summed E-state index contributed by atoms with van der Waals surface area (Å²) >= 11 is 0. The second kappa shape index (κ2) is 10.6. The Kier molecular flexibility index (Phi) is 5.95. The fourth-order valence-electron chi connectivity index (χ4n) is 6.11. The lowest BCUT2D eigenvalue weighted by atomic mass is 9.99. The Morgan fingerprint density at radius 1 is 0.348 bits per heavy atom. The standard InChI is InChI=1S/C38H24N6O2/c1-5-15-33-27(11-1)43(28-12-2-6-16-34(28)45-33)31-23-25(37-39-19-9-20-40-37)26(38-41-21-10-22-42-38)24-32(31)44-29-13-3-7-17-35(29)46-36-18-8-4-14-30(36)44/h1-24H. The molecule has 0 unspecified atom stereocenters. The molecule has 218 valence electrons. The van der Waals surface area contributed by atoms with Crippen molar-refractivity contribution in [3.05, 3.63) is 146 Å². The molecule has 2 aliphatic heterocycles. The van der Waals surface area contributed by atoms with Crippen molar-refractivity contribution in [1.29, 1.82) is 0 Å². The fraction of sp³-hybridized carbons (Fsp3) is 0. The number of ether oxygens (including phenoxy) is 2. The number of aromatic nitrogens is 4. The summed E-state index contributed by atoms with van der Waals surface area (Å²) in [5.74, 6) is 4.14. The Labute approximate surface area is 264 Å². The van der Waals surface area contributed by atoms with E-state index in [9.17, 15) is 0 Å². The largest absolute Gasteiger partial charge is 0.453 e. The van der Waals surface area contributed by atoms with Crippen LogP contribution in [0.5, 0.6) is 23.0 Å². The monoisotopic (exact) mass is 596 g/mol. The molecule has 0 saturated carbocycles. The minimum Gasteiger partial charge on any atom is -0.453 e. The van der Waals surface area contributed by atoms with Gasteiger partial charge in [-0.15, -0.1) is 0 Å². The highest BCUT2D eigenvalue weighted by Gasteiger charge is 2.34. The number of hydrogen-bond acceptors (Lipinski definition) is 8. The maximum absolute atomic E-state index is 6.41. The highest BCUT2D eigenvalue weighted by molar-refractivity contribution is 6.01. The molecule has 9 rings (SSSR count). The maximum atomic E-state index is 6.41. The topological polar surface area (TPSA) is 76.5 Å². The van der Waals surface area contributed by atoms with Crippen molar-refractivity contribution in [2.75, 3.05) is 9.80 Å². The SMILES string of the molecule is c1cnc(-c2cc(N3c4ccccc4Oc4ccccc43)c(N3c4ccccc4Oc4ccccc43)cc2-c2ncccn2)nc1.